The highest BCUT2D eigenvalue weighted by molar-refractivity contribution is 6.30. The van der Waals surface area contributed by atoms with Gasteiger partial charge in [0.25, 0.3) is 0 Å². The second-order valence-corrected chi connectivity index (χ2v) is 5.30. The molecule has 3 heteroatoms. The molecule has 1 atom stereocenters. The van der Waals surface area contributed by atoms with E-state index in [1.807, 2.05) is 42.6 Å². The highest BCUT2D eigenvalue weighted by Crippen LogP contribution is 2.31. The lowest BCUT2D eigenvalue weighted by atomic mass is 9.88. The Labute approximate surface area is 116 Å². The molecule has 2 aromatic carbocycles. The number of nitrogens with one attached hydrogen (secondary N) is 1. The molecule has 19 heavy (non-hydrogen) atoms. The zero-order chi connectivity index (χ0) is 13.5. The van der Waals surface area contributed by atoms with E-state index in [1.54, 1.807) is 19.1 Å². The standard InChI is InChI=1S/C16H14ClNO/c1-16(19,12-2-5-14(17)6-3-12)13-4-7-15-11(10-13)8-9-18-15/h2-10,18-19H,1H3. The van der Waals surface area contributed by atoms with E-state index in [1.165, 1.54) is 0 Å². The minimum absolute atomic E-state index is 0.667. The van der Waals surface area contributed by atoms with Gasteiger partial charge in [0.05, 0.1) is 0 Å². The van der Waals surface area contributed by atoms with Crippen LogP contribution in [0.25, 0.3) is 10.9 Å². The first-order valence-electron chi connectivity index (χ1n) is 6.13. The van der Waals surface area contributed by atoms with Gasteiger partial charge in [0.15, 0.2) is 0 Å². The molecule has 0 radical (unpaired) electrons. The topological polar surface area (TPSA) is 36.0 Å². The summed E-state index contributed by atoms with van der Waals surface area (Å²) in [6, 6.07) is 15.2. The van der Waals surface area contributed by atoms with Crippen molar-refractivity contribution in [2.75, 3.05) is 0 Å². The molecule has 2 N–H and O–H groups in total. The number of hydrogen-bond acceptors (Lipinski definition) is 1. The average Bonchev–Trinajstić information content (AvgIpc) is 2.86. The molecule has 0 saturated carbocycles. The Hall–Kier alpha value is -1.77. The molecule has 0 spiro atoms. The Morgan fingerprint density at radius 2 is 1.68 bits per heavy atom. The smallest absolute Gasteiger partial charge is 0.112 e. The van der Waals surface area contributed by atoms with Gasteiger partial charge in [-0.25, -0.2) is 0 Å². The first-order chi connectivity index (χ1) is 9.07. The fourth-order valence-electron chi connectivity index (χ4n) is 2.30. The maximum Gasteiger partial charge on any atom is 0.112 e. The molecule has 0 aliphatic heterocycles. The zero-order valence-electron chi connectivity index (χ0n) is 10.5. The van der Waals surface area contributed by atoms with E-state index in [0.29, 0.717) is 5.02 Å². The second kappa shape index (κ2) is 4.41. The van der Waals surface area contributed by atoms with Crippen LogP contribution in [0.15, 0.2) is 54.7 Å². The van der Waals surface area contributed by atoms with Crippen molar-refractivity contribution in [3.8, 4) is 0 Å². The van der Waals surface area contributed by atoms with Crippen LogP contribution >= 0.6 is 11.6 Å². The van der Waals surface area contributed by atoms with E-state index in [9.17, 15) is 5.11 Å². The maximum atomic E-state index is 10.8. The van der Waals surface area contributed by atoms with Crippen LogP contribution in [-0.4, -0.2) is 10.1 Å². The molecule has 2 nitrogen and oxygen atoms in total. The van der Waals surface area contributed by atoms with Gasteiger partial charge < -0.3 is 10.1 Å². The van der Waals surface area contributed by atoms with Gasteiger partial charge in [0, 0.05) is 16.7 Å². The molecule has 1 unspecified atom stereocenters. The van der Waals surface area contributed by atoms with Gasteiger partial charge in [0.1, 0.15) is 5.60 Å². The summed E-state index contributed by atoms with van der Waals surface area (Å²) in [5.41, 5.74) is 1.72. The van der Waals surface area contributed by atoms with Crippen LogP contribution in [-0.2, 0) is 5.60 Å². The molecule has 96 valence electrons. The van der Waals surface area contributed by atoms with E-state index >= 15 is 0 Å². The van der Waals surface area contributed by atoms with Crippen LogP contribution in [0.5, 0.6) is 0 Å². The van der Waals surface area contributed by atoms with Crippen molar-refractivity contribution in [3.05, 3.63) is 70.9 Å². The normalized spacial score (nSPS) is 14.5. The Bertz CT molecular complexity index is 713. The number of aromatic nitrogens is 1. The zero-order valence-corrected chi connectivity index (χ0v) is 11.3. The van der Waals surface area contributed by atoms with Gasteiger partial charge in [-0.1, -0.05) is 29.8 Å². The van der Waals surface area contributed by atoms with Crippen molar-refractivity contribution < 1.29 is 5.11 Å². The molecular weight excluding hydrogens is 258 g/mol. The van der Waals surface area contributed by atoms with Crippen LogP contribution in [0.4, 0.5) is 0 Å². The van der Waals surface area contributed by atoms with Gasteiger partial charge in [-0.2, -0.15) is 0 Å². The predicted molar refractivity (Wildman–Crippen MR) is 78.4 cm³/mol. The number of H-pyrrole nitrogens is 1. The van der Waals surface area contributed by atoms with Gasteiger partial charge in [-0.3, -0.25) is 0 Å². The third-order valence-electron chi connectivity index (χ3n) is 3.52. The third-order valence-corrected chi connectivity index (χ3v) is 3.77. The number of rotatable bonds is 2. The van der Waals surface area contributed by atoms with Crippen LogP contribution in [0, 0.1) is 0 Å². The van der Waals surface area contributed by atoms with Crippen LogP contribution in [0.1, 0.15) is 18.1 Å². The van der Waals surface area contributed by atoms with E-state index in [4.69, 9.17) is 11.6 Å². The lowest BCUT2D eigenvalue weighted by molar-refractivity contribution is 0.102. The van der Waals surface area contributed by atoms with E-state index < -0.39 is 5.60 Å². The molecule has 0 amide bonds. The summed E-state index contributed by atoms with van der Waals surface area (Å²) in [6.07, 6.45) is 1.89. The Kier molecular flexibility index (Phi) is 2.85. The summed E-state index contributed by atoms with van der Waals surface area (Å²) in [6.45, 7) is 1.80. The summed E-state index contributed by atoms with van der Waals surface area (Å²) in [7, 11) is 0. The highest BCUT2D eigenvalue weighted by Gasteiger charge is 2.25. The molecule has 1 aromatic heterocycles. The number of benzene rings is 2. The number of fused-ring (bicyclic) bond motifs is 1. The summed E-state index contributed by atoms with van der Waals surface area (Å²) in [4.78, 5) is 3.15. The Balaban J connectivity index is 2.09. The summed E-state index contributed by atoms with van der Waals surface area (Å²) in [5, 5.41) is 12.5. The molecule has 1 heterocycles. The fourth-order valence-corrected chi connectivity index (χ4v) is 2.42. The first-order valence-corrected chi connectivity index (χ1v) is 6.51. The van der Waals surface area contributed by atoms with Crippen molar-refractivity contribution in [3.63, 3.8) is 0 Å². The largest absolute Gasteiger partial charge is 0.381 e. The van der Waals surface area contributed by atoms with Crippen LogP contribution in [0.3, 0.4) is 0 Å². The Morgan fingerprint density at radius 1 is 1.00 bits per heavy atom. The quantitative estimate of drug-likeness (QED) is 0.724. The molecule has 0 aliphatic carbocycles. The van der Waals surface area contributed by atoms with Crippen molar-refractivity contribution in [2.45, 2.75) is 12.5 Å². The molecule has 3 aromatic rings. The summed E-state index contributed by atoms with van der Waals surface area (Å²) >= 11 is 5.89. The SMILES string of the molecule is CC(O)(c1ccc(Cl)cc1)c1ccc2[nH]ccc2c1. The number of hydrogen-bond donors (Lipinski definition) is 2. The van der Waals surface area contributed by atoms with Crippen molar-refractivity contribution in [2.24, 2.45) is 0 Å². The molecule has 3 rings (SSSR count). The average molecular weight is 272 g/mol. The van der Waals surface area contributed by atoms with Gasteiger partial charge in [0.2, 0.25) is 0 Å². The summed E-state index contributed by atoms with van der Waals surface area (Å²) < 4.78 is 0. The van der Waals surface area contributed by atoms with Gasteiger partial charge in [-0.15, -0.1) is 0 Å². The van der Waals surface area contributed by atoms with Crippen LogP contribution in [0.2, 0.25) is 5.02 Å². The molecule has 0 bridgehead atoms. The second-order valence-electron chi connectivity index (χ2n) is 4.86. The van der Waals surface area contributed by atoms with E-state index in [2.05, 4.69) is 4.98 Å². The maximum absolute atomic E-state index is 10.8. The van der Waals surface area contributed by atoms with E-state index in [0.717, 1.165) is 22.0 Å². The highest BCUT2D eigenvalue weighted by atomic mass is 35.5. The monoisotopic (exact) mass is 271 g/mol. The van der Waals surface area contributed by atoms with Gasteiger partial charge in [-0.05, 0) is 53.8 Å². The first kappa shape index (κ1) is 12.3. The fraction of sp³-hybridized carbons (Fsp3) is 0.125. The summed E-state index contributed by atoms with van der Waals surface area (Å²) in [5.74, 6) is 0. The lowest BCUT2D eigenvalue weighted by Gasteiger charge is -2.24. The molecular formula is C16H14ClNO. The van der Waals surface area contributed by atoms with Gasteiger partial charge >= 0.3 is 0 Å². The number of aromatic amines is 1. The van der Waals surface area contributed by atoms with Crippen molar-refractivity contribution >= 4 is 22.5 Å². The molecule has 0 saturated heterocycles. The lowest BCUT2D eigenvalue weighted by Crippen LogP contribution is -2.22. The molecule has 0 fully saturated rings. The van der Waals surface area contributed by atoms with Crippen molar-refractivity contribution in [1.29, 1.82) is 0 Å². The van der Waals surface area contributed by atoms with Crippen molar-refractivity contribution in [1.82, 2.24) is 4.98 Å². The number of halogens is 1. The minimum atomic E-state index is -1.03. The van der Waals surface area contributed by atoms with E-state index in [-0.39, 0.29) is 0 Å². The third kappa shape index (κ3) is 2.14. The predicted octanol–water partition coefficient (Wildman–Crippen LogP) is 4.08. The number of aliphatic hydroxyl groups is 1. The van der Waals surface area contributed by atoms with Crippen LogP contribution < -0.4 is 0 Å². The molecule has 0 aliphatic rings. The Morgan fingerprint density at radius 3 is 2.42 bits per heavy atom. The minimum Gasteiger partial charge on any atom is -0.381 e.